The lowest BCUT2D eigenvalue weighted by molar-refractivity contribution is 0.629. The van der Waals surface area contributed by atoms with E-state index in [0.29, 0.717) is 5.52 Å². The highest BCUT2D eigenvalue weighted by atomic mass is 19.1. The van der Waals surface area contributed by atoms with Crippen LogP contribution in [0.4, 0.5) is 10.1 Å². The maximum absolute atomic E-state index is 13.2. The highest BCUT2D eigenvalue weighted by Crippen LogP contribution is 2.28. The summed E-state index contributed by atoms with van der Waals surface area (Å²) in [6, 6.07) is 4.76. The lowest BCUT2D eigenvalue weighted by Crippen LogP contribution is -2.04. The summed E-state index contributed by atoms with van der Waals surface area (Å²) in [6.45, 7) is 7.04. The van der Waals surface area contributed by atoms with Gasteiger partial charge in [0.05, 0.1) is 5.52 Å². The summed E-state index contributed by atoms with van der Waals surface area (Å²) >= 11 is 0. The van der Waals surface area contributed by atoms with Crippen molar-refractivity contribution in [1.82, 2.24) is 4.98 Å². The van der Waals surface area contributed by atoms with Gasteiger partial charge in [-0.3, -0.25) is 4.98 Å². The normalized spacial score (nSPS) is 10.8. The molecule has 0 aliphatic heterocycles. The second-order valence-corrected chi connectivity index (χ2v) is 4.29. The summed E-state index contributed by atoms with van der Waals surface area (Å²) < 4.78 is 13.2. The topological polar surface area (TPSA) is 24.9 Å². The van der Waals surface area contributed by atoms with Crippen LogP contribution < -0.4 is 5.32 Å². The molecule has 0 fully saturated rings. The van der Waals surface area contributed by atoms with E-state index in [4.69, 9.17) is 0 Å². The molecule has 0 spiro atoms. The molecule has 0 unspecified atom stereocenters. The van der Waals surface area contributed by atoms with E-state index in [1.54, 1.807) is 6.07 Å². The molecule has 2 aromatic rings. The average Bonchev–Trinajstić information content (AvgIpc) is 2.30. The Bertz CT molecular complexity index is 549. The Balaban J connectivity index is 2.64. The predicted molar refractivity (Wildman–Crippen MR) is 70.0 cm³/mol. The van der Waals surface area contributed by atoms with E-state index in [-0.39, 0.29) is 5.82 Å². The molecule has 0 aliphatic carbocycles. The first kappa shape index (κ1) is 11.8. The zero-order chi connectivity index (χ0) is 12.4. The molecule has 0 atom stereocenters. The van der Waals surface area contributed by atoms with E-state index in [1.807, 2.05) is 13.8 Å². The Hall–Kier alpha value is -1.64. The monoisotopic (exact) mass is 232 g/mol. The maximum Gasteiger partial charge on any atom is 0.125 e. The summed E-state index contributed by atoms with van der Waals surface area (Å²) in [5, 5.41) is 4.39. The first-order chi connectivity index (χ1) is 8.13. The standard InChI is InChI=1S/C14H17FN2/c1-4-7-16-14-9(2)10(3)17-13-8-11(15)5-6-12(13)14/h5-6,8H,4,7H2,1-3H3,(H,16,17). The number of rotatable bonds is 3. The summed E-state index contributed by atoms with van der Waals surface area (Å²) in [7, 11) is 0. The van der Waals surface area contributed by atoms with E-state index in [0.717, 1.165) is 35.3 Å². The van der Waals surface area contributed by atoms with Gasteiger partial charge in [0.25, 0.3) is 0 Å². The molecule has 3 heteroatoms. The van der Waals surface area contributed by atoms with Crippen molar-refractivity contribution < 1.29 is 4.39 Å². The first-order valence-corrected chi connectivity index (χ1v) is 5.93. The van der Waals surface area contributed by atoms with Gasteiger partial charge in [-0.2, -0.15) is 0 Å². The fourth-order valence-corrected chi connectivity index (χ4v) is 1.93. The lowest BCUT2D eigenvalue weighted by Gasteiger charge is -2.14. The highest BCUT2D eigenvalue weighted by molar-refractivity contribution is 5.93. The van der Waals surface area contributed by atoms with Crippen LogP contribution >= 0.6 is 0 Å². The molecule has 1 aromatic heterocycles. The molecule has 1 aromatic carbocycles. The number of nitrogens with zero attached hydrogens (tertiary/aromatic N) is 1. The van der Waals surface area contributed by atoms with Gasteiger partial charge in [-0.25, -0.2) is 4.39 Å². The molecule has 1 heterocycles. The second kappa shape index (κ2) is 4.70. The fourth-order valence-electron chi connectivity index (χ4n) is 1.93. The summed E-state index contributed by atoms with van der Waals surface area (Å²) in [5.74, 6) is -0.241. The van der Waals surface area contributed by atoms with Crippen LogP contribution in [0.1, 0.15) is 24.6 Å². The maximum atomic E-state index is 13.2. The number of pyridine rings is 1. The van der Waals surface area contributed by atoms with Crippen molar-refractivity contribution >= 4 is 16.6 Å². The number of anilines is 1. The Kier molecular flexibility index (Phi) is 3.27. The van der Waals surface area contributed by atoms with Gasteiger partial charge in [-0.05, 0) is 38.0 Å². The fraction of sp³-hybridized carbons (Fsp3) is 0.357. The van der Waals surface area contributed by atoms with Gasteiger partial charge in [0.1, 0.15) is 5.82 Å². The molecule has 90 valence electrons. The number of halogens is 1. The van der Waals surface area contributed by atoms with Gasteiger partial charge >= 0.3 is 0 Å². The molecule has 0 bridgehead atoms. The molecular weight excluding hydrogens is 215 g/mol. The van der Waals surface area contributed by atoms with Gasteiger partial charge < -0.3 is 5.32 Å². The number of hydrogen-bond acceptors (Lipinski definition) is 2. The van der Waals surface area contributed by atoms with Crippen LogP contribution in [-0.2, 0) is 0 Å². The number of aromatic nitrogens is 1. The molecule has 17 heavy (non-hydrogen) atoms. The minimum absolute atomic E-state index is 0.241. The van der Waals surface area contributed by atoms with Crippen LogP contribution in [0.5, 0.6) is 0 Å². The summed E-state index contributed by atoms with van der Waals surface area (Å²) in [6.07, 6.45) is 1.06. The largest absolute Gasteiger partial charge is 0.384 e. The van der Waals surface area contributed by atoms with Crippen LogP contribution in [0.25, 0.3) is 10.9 Å². The van der Waals surface area contributed by atoms with Crippen LogP contribution in [0.15, 0.2) is 18.2 Å². The van der Waals surface area contributed by atoms with Crippen molar-refractivity contribution in [2.75, 3.05) is 11.9 Å². The smallest absolute Gasteiger partial charge is 0.125 e. The molecule has 2 nitrogen and oxygen atoms in total. The van der Waals surface area contributed by atoms with E-state index >= 15 is 0 Å². The van der Waals surface area contributed by atoms with Crippen molar-refractivity contribution in [3.05, 3.63) is 35.3 Å². The minimum atomic E-state index is -0.241. The molecule has 0 aliphatic rings. The van der Waals surface area contributed by atoms with Gasteiger partial charge in [-0.15, -0.1) is 0 Å². The third-order valence-corrected chi connectivity index (χ3v) is 2.99. The zero-order valence-corrected chi connectivity index (χ0v) is 10.5. The molecular formula is C14H17FN2. The van der Waals surface area contributed by atoms with Crippen molar-refractivity contribution in [2.45, 2.75) is 27.2 Å². The molecule has 0 amide bonds. The molecule has 0 radical (unpaired) electrons. The van der Waals surface area contributed by atoms with E-state index in [2.05, 4.69) is 17.2 Å². The van der Waals surface area contributed by atoms with E-state index < -0.39 is 0 Å². The lowest BCUT2D eigenvalue weighted by atomic mass is 10.1. The third kappa shape index (κ3) is 2.23. The number of fused-ring (bicyclic) bond motifs is 1. The number of hydrogen-bond donors (Lipinski definition) is 1. The second-order valence-electron chi connectivity index (χ2n) is 4.29. The Morgan fingerprint density at radius 3 is 2.76 bits per heavy atom. The summed E-state index contributed by atoms with van der Waals surface area (Å²) in [4.78, 5) is 4.42. The zero-order valence-electron chi connectivity index (χ0n) is 10.5. The average molecular weight is 232 g/mol. The molecule has 0 saturated carbocycles. The summed E-state index contributed by atoms with van der Waals surface area (Å²) in [5.41, 5.74) is 3.88. The van der Waals surface area contributed by atoms with Crippen LogP contribution in [-0.4, -0.2) is 11.5 Å². The SMILES string of the molecule is CCCNc1c(C)c(C)nc2cc(F)ccc12. The van der Waals surface area contributed by atoms with E-state index in [1.165, 1.54) is 12.1 Å². The third-order valence-electron chi connectivity index (χ3n) is 2.99. The first-order valence-electron chi connectivity index (χ1n) is 5.93. The van der Waals surface area contributed by atoms with Gasteiger partial charge in [0.15, 0.2) is 0 Å². The predicted octanol–water partition coefficient (Wildman–Crippen LogP) is 3.81. The van der Waals surface area contributed by atoms with Gasteiger partial charge in [0, 0.05) is 29.4 Å². The van der Waals surface area contributed by atoms with Crippen molar-refractivity contribution in [3.63, 3.8) is 0 Å². The van der Waals surface area contributed by atoms with E-state index in [9.17, 15) is 4.39 Å². The number of nitrogens with one attached hydrogen (secondary N) is 1. The Morgan fingerprint density at radius 1 is 1.29 bits per heavy atom. The molecule has 0 saturated heterocycles. The van der Waals surface area contributed by atoms with Gasteiger partial charge in [0.2, 0.25) is 0 Å². The van der Waals surface area contributed by atoms with Crippen LogP contribution in [0, 0.1) is 19.7 Å². The highest BCUT2D eigenvalue weighted by Gasteiger charge is 2.09. The van der Waals surface area contributed by atoms with Gasteiger partial charge in [-0.1, -0.05) is 6.92 Å². The minimum Gasteiger partial charge on any atom is -0.384 e. The number of aryl methyl sites for hydroxylation is 1. The number of benzene rings is 1. The van der Waals surface area contributed by atoms with Crippen LogP contribution in [0.3, 0.4) is 0 Å². The Labute approximate surface area is 101 Å². The Morgan fingerprint density at radius 2 is 2.06 bits per heavy atom. The van der Waals surface area contributed by atoms with Crippen molar-refractivity contribution in [3.8, 4) is 0 Å². The van der Waals surface area contributed by atoms with Crippen LogP contribution in [0.2, 0.25) is 0 Å². The molecule has 1 N–H and O–H groups in total. The van der Waals surface area contributed by atoms with Crippen molar-refractivity contribution in [2.24, 2.45) is 0 Å². The molecule has 2 rings (SSSR count). The quantitative estimate of drug-likeness (QED) is 0.870. The van der Waals surface area contributed by atoms with Crippen molar-refractivity contribution in [1.29, 1.82) is 0 Å².